The number of phosphoric acid groups is 1. The average molecular weight is 1050 g/mol. The van der Waals surface area contributed by atoms with E-state index < -0.39 is 20.0 Å². The summed E-state index contributed by atoms with van der Waals surface area (Å²) in [6.07, 6.45) is 63.9. The molecule has 0 bridgehead atoms. The first-order chi connectivity index (χ1) is 35.4. The van der Waals surface area contributed by atoms with Crippen molar-refractivity contribution in [3.05, 3.63) is 36.5 Å². The number of unbranched alkanes of at least 4 members (excludes halogenated alkanes) is 37. The molecule has 0 aromatic carbocycles. The van der Waals surface area contributed by atoms with Crippen LogP contribution in [0.1, 0.15) is 303 Å². The van der Waals surface area contributed by atoms with Gasteiger partial charge in [-0.3, -0.25) is 14.2 Å². The van der Waals surface area contributed by atoms with Crippen molar-refractivity contribution in [2.45, 2.75) is 315 Å². The lowest BCUT2D eigenvalue weighted by Gasteiger charge is -2.30. The summed E-state index contributed by atoms with van der Waals surface area (Å²) in [5.74, 6) is -0.530. The second-order valence-electron chi connectivity index (χ2n) is 22.6. The molecule has 0 aromatic heterocycles. The summed E-state index contributed by atoms with van der Waals surface area (Å²) in [5, 5.41) is 3.03. The summed E-state index contributed by atoms with van der Waals surface area (Å²) in [5.41, 5.74) is 0. The van der Waals surface area contributed by atoms with Gasteiger partial charge in [-0.2, -0.15) is 0 Å². The van der Waals surface area contributed by atoms with Crippen molar-refractivity contribution in [2.75, 3.05) is 40.9 Å². The van der Waals surface area contributed by atoms with Crippen molar-refractivity contribution < 1.29 is 37.3 Å². The molecule has 1 amide bonds. The SMILES string of the molecule is CCCCC/C=C\C/C=C\CCCCCCCCCCCCCC(=O)OC(/C=C/CCCCCCCCCCC)C(COP(=O)([O-])OCC[N+](C)(C)C)NC(=O)CCCCCCCCCCCCCCCCC. The Balaban J connectivity index is 5.16. The van der Waals surface area contributed by atoms with Crippen LogP contribution in [0.25, 0.3) is 0 Å². The monoisotopic (exact) mass is 1050 g/mol. The number of quaternary nitrogens is 1. The number of nitrogens with one attached hydrogen (secondary N) is 1. The van der Waals surface area contributed by atoms with E-state index in [4.69, 9.17) is 13.8 Å². The van der Waals surface area contributed by atoms with Gasteiger partial charge in [-0.1, -0.05) is 263 Å². The molecule has 0 saturated heterocycles. The zero-order chi connectivity index (χ0) is 53.6. The van der Waals surface area contributed by atoms with Gasteiger partial charge in [-0.25, -0.2) is 0 Å². The Kier molecular flexibility index (Phi) is 52.3. The van der Waals surface area contributed by atoms with E-state index in [0.29, 0.717) is 17.4 Å². The molecule has 0 heterocycles. The highest BCUT2D eigenvalue weighted by molar-refractivity contribution is 7.45. The summed E-state index contributed by atoms with van der Waals surface area (Å²) in [7, 11) is 1.20. The molecule has 3 unspecified atom stereocenters. The van der Waals surface area contributed by atoms with Crippen LogP contribution < -0.4 is 10.2 Å². The molecule has 73 heavy (non-hydrogen) atoms. The minimum atomic E-state index is -4.69. The number of rotatable bonds is 57. The Morgan fingerprint density at radius 1 is 0.479 bits per heavy atom. The molecule has 0 aliphatic carbocycles. The van der Waals surface area contributed by atoms with Gasteiger partial charge in [0.1, 0.15) is 19.3 Å². The Hall–Kier alpha value is -1.77. The number of carbonyl (C=O) groups excluding carboxylic acids is 2. The number of hydrogen-bond acceptors (Lipinski definition) is 7. The molecule has 0 spiro atoms. The standard InChI is InChI=1S/C63H121N2O7P/c1-7-10-13-16-19-22-25-27-29-30-31-32-33-34-36-38-41-44-47-50-53-56-63(67)72-61(54-51-48-45-42-39-24-21-18-15-12-9-3)60(59-71-73(68,69)70-58-57-65(4,5)6)64-62(66)55-52-49-46-43-40-37-35-28-26-23-20-17-14-11-8-2/h19,22,27,29,51,54,60-61H,7-18,20-21,23-26,28,30-50,52-53,55-59H2,1-6H3,(H-,64,66,68,69)/b22-19-,29-27-,54-51+. The number of nitrogens with zero attached hydrogens (tertiary/aromatic N) is 1. The first-order valence-corrected chi connectivity index (χ1v) is 32.8. The summed E-state index contributed by atoms with van der Waals surface area (Å²) < 4.78 is 30.3. The number of amides is 1. The van der Waals surface area contributed by atoms with E-state index in [9.17, 15) is 19.0 Å². The molecule has 3 atom stereocenters. The van der Waals surface area contributed by atoms with Crippen molar-refractivity contribution in [3.63, 3.8) is 0 Å². The molecule has 1 N–H and O–H groups in total. The van der Waals surface area contributed by atoms with Crippen molar-refractivity contribution in [1.82, 2.24) is 5.32 Å². The number of hydrogen-bond donors (Lipinski definition) is 1. The molecule has 10 heteroatoms. The number of carbonyl (C=O) groups is 2. The van der Waals surface area contributed by atoms with Crippen LogP contribution in [0.2, 0.25) is 0 Å². The third-order valence-electron chi connectivity index (χ3n) is 14.1. The van der Waals surface area contributed by atoms with Gasteiger partial charge in [0.25, 0.3) is 7.82 Å². The van der Waals surface area contributed by atoms with E-state index in [-0.39, 0.29) is 31.5 Å². The maximum absolute atomic E-state index is 13.5. The first kappa shape index (κ1) is 71.2. The Bertz CT molecular complexity index is 1350. The molecule has 0 aliphatic rings. The highest BCUT2D eigenvalue weighted by atomic mass is 31.2. The average Bonchev–Trinajstić information content (AvgIpc) is 3.35. The van der Waals surface area contributed by atoms with E-state index in [1.807, 2.05) is 33.3 Å². The van der Waals surface area contributed by atoms with Gasteiger partial charge in [0.05, 0.1) is 33.8 Å². The highest BCUT2D eigenvalue weighted by Crippen LogP contribution is 2.38. The molecule has 0 aromatic rings. The minimum Gasteiger partial charge on any atom is -0.756 e. The van der Waals surface area contributed by atoms with Crippen molar-refractivity contribution in [2.24, 2.45) is 0 Å². The van der Waals surface area contributed by atoms with Crippen molar-refractivity contribution in [3.8, 4) is 0 Å². The predicted molar refractivity (Wildman–Crippen MR) is 312 cm³/mol. The smallest absolute Gasteiger partial charge is 0.306 e. The minimum absolute atomic E-state index is 0.0200. The van der Waals surface area contributed by atoms with Gasteiger partial charge in [0.2, 0.25) is 5.91 Å². The largest absolute Gasteiger partial charge is 0.756 e. The molecule has 0 fully saturated rings. The molecular formula is C63H121N2O7P. The van der Waals surface area contributed by atoms with Crippen LogP contribution in [-0.4, -0.2) is 69.4 Å². The number of likely N-dealkylation sites (N-methyl/N-ethyl adjacent to an activating group) is 1. The summed E-state index contributed by atoms with van der Waals surface area (Å²) in [4.78, 5) is 39.9. The van der Waals surface area contributed by atoms with Crippen molar-refractivity contribution >= 4 is 19.7 Å². The lowest BCUT2D eigenvalue weighted by molar-refractivity contribution is -0.870. The highest BCUT2D eigenvalue weighted by Gasteiger charge is 2.27. The summed E-state index contributed by atoms with van der Waals surface area (Å²) in [6, 6.07) is -0.884. The van der Waals surface area contributed by atoms with E-state index >= 15 is 0 Å². The lowest BCUT2D eigenvalue weighted by atomic mass is 10.0. The summed E-state index contributed by atoms with van der Waals surface area (Å²) >= 11 is 0. The van der Waals surface area contributed by atoms with E-state index in [1.54, 1.807) is 0 Å². The molecule has 0 rings (SSSR count). The van der Waals surface area contributed by atoms with Gasteiger partial charge in [-0.05, 0) is 63.9 Å². The molecular weight excluding hydrogens is 928 g/mol. The van der Waals surface area contributed by atoms with Crippen LogP contribution in [0, 0.1) is 0 Å². The van der Waals surface area contributed by atoms with Crippen molar-refractivity contribution in [1.29, 1.82) is 0 Å². The van der Waals surface area contributed by atoms with E-state index in [0.717, 1.165) is 64.2 Å². The fourth-order valence-corrected chi connectivity index (χ4v) is 9.92. The number of ether oxygens (including phenoxy) is 1. The zero-order valence-electron chi connectivity index (χ0n) is 49.1. The Labute approximate surface area is 453 Å². The zero-order valence-corrected chi connectivity index (χ0v) is 50.0. The Morgan fingerprint density at radius 3 is 1.26 bits per heavy atom. The quantitative estimate of drug-likeness (QED) is 0.0212. The number of esters is 1. The summed E-state index contributed by atoms with van der Waals surface area (Å²) in [6.45, 7) is 6.84. The molecule has 0 radical (unpaired) electrons. The van der Waals surface area contributed by atoms with Gasteiger partial charge in [0.15, 0.2) is 0 Å². The topological polar surface area (TPSA) is 114 Å². The van der Waals surface area contributed by atoms with Gasteiger partial charge in [-0.15, -0.1) is 0 Å². The van der Waals surface area contributed by atoms with Gasteiger partial charge < -0.3 is 28.5 Å². The second-order valence-corrected chi connectivity index (χ2v) is 24.0. The maximum atomic E-state index is 13.5. The van der Waals surface area contributed by atoms with Crippen LogP contribution in [0.15, 0.2) is 36.5 Å². The van der Waals surface area contributed by atoms with Crippen LogP contribution in [0.5, 0.6) is 0 Å². The third-order valence-corrected chi connectivity index (χ3v) is 15.0. The predicted octanol–water partition coefficient (Wildman–Crippen LogP) is 18.5. The molecule has 0 aliphatic heterocycles. The number of allylic oxidation sites excluding steroid dienone is 5. The lowest BCUT2D eigenvalue weighted by Crippen LogP contribution is -2.47. The molecule has 0 saturated carbocycles. The van der Waals surface area contributed by atoms with E-state index in [1.165, 1.54) is 205 Å². The van der Waals surface area contributed by atoms with Crippen LogP contribution >= 0.6 is 7.82 Å². The molecule has 430 valence electrons. The Morgan fingerprint density at radius 2 is 0.836 bits per heavy atom. The first-order valence-electron chi connectivity index (χ1n) is 31.3. The fourth-order valence-electron chi connectivity index (χ4n) is 9.20. The third kappa shape index (κ3) is 54.8. The fraction of sp³-hybridized carbons (Fsp3) is 0.873. The second kappa shape index (κ2) is 53.6. The molecule has 9 nitrogen and oxygen atoms in total. The van der Waals surface area contributed by atoms with Gasteiger partial charge >= 0.3 is 5.97 Å². The van der Waals surface area contributed by atoms with Crippen LogP contribution in [-0.2, 0) is 27.9 Å². The van der Waals surface area contributed by atoms with Gasteiger partial charge in [0, 0.05) is 12.8 Å². The normalized spacial score (nSPS) is 13.9. The maximum Gasteiger partial charge on any atom is 0.306 e. The van der Waals surface area contributed by atoms with E-state index in [2.05, 4.69) is 50.4 Å². The number of phosphoric ester groups is 1. The van der Waals surface area contributed by atoms with Crippen LogP contribution in [0.4, 0.5) is 0 Å². The van der Waals surface area contributed by atoms with Crippen LogP contribution in [0.3, 0.4) is 0 Å².